The molecule has 8 rings (SSSR count). The Hall–Kier alpha value is -1.72. The van der Waals surface area contributed by atoms with E-state index in [1.54, 1.807) is 0 Å². The molecule has 160 valence electrons. The third kappa shape index (κ3) is 2.25. The van der Waals surface area contributed by atoms with Crippen molar-refractivity contribution in [1.82, 2.24) is 9.97 Å². The predicted molar refractivity (Wildman–Crippen MR) is 121 cm³/mol. The maximum absolute atomic E-state index is 6.35. The summed E-state index contributed by atoms with van der Waals surface area (Å²) in [5, 5.41) is 0. The van der Waals surface area contributed by atoms with E-state index in [1.165, 1.54) is 54.6 Å². The van der Waals surface area contributed by atoms with Crippen LogP contribution < -0.4 is 5.46 Å². The topological polar surface area (TPSA) is 44.2 Å². The first kappa shape index (κ1) is 18.8. The van der Waals surface area contributed by atoms with Crippen molar-refractivity contribution >= 4 is 12.6 Å². The monoisotopic (exact) mass is 414 g/mol. The summed E-state index contributed by atoms with van der Waals surface area (Å²) in [7, 11) is -0.377. The minimum absolute atomic E-state index is 0.0216. The molecule has 1 spiro atoms. The van der Waals surface area contributed by atoms with Gasteiger partial charge in [0.25, 0.3) is 0 Å². The lowest BCUT2D eigenvalue weighted by Gasteiger charge is -2.59. The van der Waals surface area contributed by atoms with E-state index in [9.17, 15) is 0 Å². The molecule has 1 saturated heterocycles. The van der Waals surface area contributed by atoms with Gasteiger partial charge in [-0.15, -0.1) is 0 Å². The van der Waals surface area contributed by atoms with Gasteiger partial charge in [0.05, 0.1) is 28.0 Å². The van der Waals surface area contributed by atoms with Crippen LogP contribution in [0, 0.1) is 23.7 Å². The Bertz CT molecular complexity index is 1050. The van der Waals surface area contributed by atoms with Gasteiger partial charge in [0, 0.05) is 29.0 Å². The lowest BCUT2D eigenvalue weighted by molar-refractivity contribution is -0.0432. The number of rotatable bonds is 1. The highest BCUT2D eigenvalue weighted by molar-refractivity contribution is 6.62. The summed E-state index contributed by atoms with van der Waals surface area (Å²) in [6, 6.07) is 6.64. The van der Waals surface area contributed by atoms with Crippen LogP contribution in [-0.4, -0.2) is 28.3 Å². The van der Waals surface area contributed by atoms with E-state index in [1.807, 2.05) is 12.4 Å². The van der Waals surface area contributed by atoms with Crippen molar-refractivity contribution < 1.29 is 9.31 Å². The summed E-state index contributed by atoms with van der Waals surface area (Å²) < 4.78 is 12.7. The highest BCUT2D eigenvalue weighted by atomic mass is 16.7. The zero-order valence-corrected chi connectivity index (χ0v) is 19.0. The Morgan fingerprint density at radius 3 is 2.10 bits per heavy atom. The van der Waals surface area contributed by atoms with Gasteiger partial charge in [0.2, 0.25) is 0 Å². The first-order valence-electron chi connectivity index (χ1n) is 12.1. The summed E-state index contributed by atoms with van der Waals surface area (Å²) in [5.74, 6) is 3.23. The standard InChI is InChI=1S/C26H31BN2O2/c1-24(2)25(3,4)31-27(30-24)19-13-21-20-6-5-7-28-22(20)26(23(21)29-14-19)17-9-15-8-16(11-17)12-18(26)10-15/h5-7,13-18H,8-12H2,1-4H3. The molecule has 31 heavy (non-hydrogen) atoms. The number of nitrogens with zero attached hydrogens (tertiary/aromatic N) is 2. The molecule has 0 radical (unpaired) electrons. The van der Waals surface area contributed by atoms with E-state index in [0.29, 0.717) is 11.8 Å². The highest BCUT2D eigenvalue weighted by Crippen LogP contribution is 2.68. The number of aromatic nitrogens is 2. The Morgan fingerprint density at radius 2 is 1.45 bits per heavy atom. The van der Waals surface area contributed by atoms with Crippen LogP contribution in [0.25, 0.3) is 11.1 Å². The van der Waals surface area contributed by atoms with Crippen LogP contribution in [0.4, 0.5) is 0 Å². The van der Waals surface area contributed by atoms with Gasteiger partial charge < -0.3 is 9.31 Å². The fraction of sp³-hybridized carbons (Fsp3) is 0.615. The maximum atomic E-state index is 6.35. The molecule has 4 saturated carbocycles. The van der Waals surface area contributed by atoms with Crippen molar-refractivity contribution in [3.05, 3.63) is 42.0 Å². The lowest BCUT2D eigenvalue weighted by atomic mass is 9.44. The maximum Gasteiger partial charge on any atom is 0.496 e. The molecule has 4 bridgehead atoms. The zero-order valence-electron chi connectivity index (χ0n) is 19.0. The number of pyridine rings is 2. The molecular weight excluding hydrogens is 383 g/mol. The lowest BCUT2D eigenvalue weighted by Crippen LogP contribution is -2.56. The second-order valence-electron chi connectivity index (χ2n) is 11.8. The SMILES string of the molecule is CC1(C)OB(c2cnc3c(c2)-c2cccnc2C32C3CC4CC(C3)CC2C4)OC1(C)C. The molecular formula is C26H31BN2O2. The largest absolute Gasteiger partial charge is 0.496 e. The van der Waals surface area contributed by atoms with Gasteiger partial charge in [0.1, 0.15) is 0 Å². The van der Waals surface area contributed by atoms with Crippen molar-refractivity contribution in [3.8, 4) is 11.1 Å². The first-order valence-corrected chi connectivity index (χ1v) is 12.1. The van der Waals surface area contributed by atoms with E-state index in [2.05, 4.69) is 45.9 Å². The minimum Gasteiger partial charge on any atom is -0.399 e. The Balaban J connectivity index is 1.38. The Morgan fingerprint density at radius 1 is 0.839 bits per heavy atom. The zero-order chi connectivity index (χ0) is 21.2. The summed E-state index contributed by atoms with van der Waals surface area (Å²) in [5.41, 5.74) is 5.49. The minimum atomic E-state index is -0.377. The van der Waals surface area contributed by atoms with Gasteiger partial charge in [0.15, 0.2) is 0 Å². The molecule has 4 nitrogen and oxygen atoms in total. The molecule has 1 aliphatic heterocycles. The summed E-state index contributed by atoms with van der Waals surface area (Å²) in [6.07, 6.45) is 10.9. The predicted octanol–water partition coefficient (Wildman–Crippen LogP) is 4.50. The van der Waals surface area contributed by atoms with E-state index in [-0.39, 0.29) is 23.7 Å². The average molecular weight is 414 g/mol. The van der Waals surface area contributed by atoms with Crippen molar-refractivity contribution in [3.63, 3.8) is 0 Å². The van der Waals surface area contributed by atoms with Crippen molar-refractivity contribution in [2.24, 2.45) is 23.7 Å². The van der Waals surface area contributed by atoms with Crippen LogP contribution in [0.1, 0.15) is 71.2 Å². The second kappa shape index (κ2) is 5.79. The second-order valence-corrected chi connectivity index (χ2v) is 11.8. The fourth-order valence-corrected chi connectivity index (χ4v) is 7.89. The summed E-state index contributed by atoms with van der Waals surface area (Å²) >= 11 is 0. The summed E-state index contributed by atoms with van der Waals surface area (Å²) in [6.45, 7) is 8.43. The van der Waals surface area contributed by atoms with Crippen LogP contribution in [0.15, 0.2) is 30.6 Å². The normalized spacial score (nSPS) is 38.0. The van der Waals surface area contributed by atoms with Crippen molar-refractivity contribution in [1.29, 1.82) is 0 Å². The molecule has 5 heteroatoms. The molecule has 0 N–H and O–H groups in total. The number of fused-ring (bicyclic) bond motifs is 3. The van der Waals surface area contributed by atoms with Gasteiger partial charge in [-0.05, 0) is 89.5 Å². The smallest absolute Gasteiger partial charge is 0.399 e. The van der Waals surface area contributed by atoms with Crippen LogP contribution >= 0.6 is 0 Å². The molecule has 6 aliphatic rings. The molecule has 3 heterocycles. The molecule has 0 aromatic carbocycles. The fourth-order valence-electron chi connectivity index (χ4n) is 7.89. The molecule has 2 aromatic heterocycles. The quantitative estimate of drug-likeness (QED) is 0.645. The highest BCUT2D eigenvalue weighted by Gasteiger charge is 2.63. The van der Waals surface area contributed by atoms with E-state index in [0.717, 1.165) is 17.3 Å². The van der Waals surface area contributed by atoms with Crippen LogP contribution in [-0.2, 0) is 14.7 Å². The van der Waals surface area contributed by atoms with Crippen LogP contribution in [0.2, 0.25) is 0 Å². The first-order chi connectivity index (χ1) is 14.8. The van der Waals surface area contributed by atoms with Gasteiger partial charge in [-0.2, -0.15) is 0 Å². The number of hydrogen-bond donors (Lipinski definition) is 0. The van der Waals surface area contributed by atoms with E-state index >= 15 is 0 Å². The Labute approximate surface area is 185 Å². The molecule has 5 fully saturated rings. The molecule has 0 unspecified atom stereocenters. The summed E-state index contributed by atoms with van der Waals surface area (Å²) in [4.78, 5) is 10.3. The van der Waals surface area contributed by atoms with Gasteiger partial charge in [-0.3, -0.25) is 9.97 Å². The average Bonchev–Trinajstić information content (AvgIpc) is 3.13. The molecule has 5 aliphatic carbocycles. The van der Waals surface area contributed by atoms with Crippen molar-refractivity contribution in [2.45, 2.75) is 76.4 Å². The van der Waals surface area contributed by atoms with Crippen molar-refractivity contribution in [2.75, 3.05) is 0 Å². The molecule has 0 atom stereocenters. The third-order valence-corrected chi connectivity index (χ3v) is 9.74. The van der Waals surface area contributed by atoms with Gasteiger partial charge >= 0.3 is 7.12 Å². The third-order valence-electron chi connectivity index (χ3n) is 9.74. The van der Waals surface area contributed by atoms with Crippen LogP contribution in [0.3, 0.4) is 0 Å². The van der Waals surface area contributed by atoms with Gasteiger partial charge in [-0.25, -0.2) is 0 Å². The molecule has 2 aromatic rings. The number of hydrogen-bond acceptors (Lipinski definition) is 4. The van der Waals surface area contributed by atoms with E-state index < -0.39 is 0 Å². The van der Waals surface area contributed by atoms with E-state index in [4.69, 9.17) is 19.3 Å². The Kier molecular flexibility index (Phi) is 3.52. The van der Waals surface area contributed by atoms with Gasteiger partial charge in [-0.1, -0.05) is 12.1 Å². The molecule has 0 amide bonds. The van der Waals surface area contributed by atoms with Crippen LogP contribution in [0.5, 0.6) is 0 Å².